The van der Waals surface area contributed by atoms with Crippen LogP contribution in [0.3, 0.4) is 0 Å². The number of fused-ring (bicyclic) bond motifs is 1. The summed E-state index contributed by atoms with van der Waals surface area (Å²) in [7, 11) is 0. The fourth-order valence-electron chi connectivity index (χ4n) is 1.37. The molecular formula is C11H13FN2O. The molecule has 2 aromatic rings. The molecule has 0 aromatic carbocycles. The van der Waals surface area contributed by atoms with E-state index in [1.54, 1.807) is 13.1 Å². The molecule has 0 aliphatic carbocycles. The molecule has 0 spiro atoms. The summed E-state index contributed by atoms with van der Waals surface area (Å²) in [6.45, 7) is 5.80. The number of carbonyl (C=O) groups excluding carboxylic acids is 1. The number of halogens is 1. The van der Waals surface area contributed by atoms with E-state index in [2.05, 4.69) is 9.97 Å². The first-order valence-corrected chi connectivity index (χ1v) is 4.81. The molecule has 0 saturated carbocycles. The lowest BCUT2D eigenvalue weighted by Gasteiger charge is -1.96. The van der Waals surface area contributed by atoms with Gasteiger partial charge < -0.3 is 4.98 Å². The molecule has 80 valence electrons. The van der Waals surface area contributed by atoms with E-state index in [4.69, 9.17) is 0 Å². The second-order valence-corrected chi connectivity index (χ2v) is 2.83. The minimum absolute atomic E-state index is 0.0729. The Morgan fingerprint density at radius 3 is 2.73 bits per heavy atom. The standard InChI is InChI=1S/C9H7FN2O.C2H6/c1-5-2-11-9-8(5)6(4-13)7(10)3-12-9;1-2/h2-4H,1H3,(H,11,12);1-2H3. The van der Waals surface area contributed by atoms with Crippen LogP contribution in [0, 0.1) is 12.7 Å². The molecule has 0 unspecified atom stereocenters. The van der Waals surface area contributed by atoms with Crippen LogP contribution >= 0.6 is 0 Å². The van der Waals surface area contributed by atoms with Crippen molar-refractivity contribution in [2.75, 3.05) is 0 Å². The van der Waals surface area contributed by atoms with Crippen molar-refractivity contribution in [1.29, 1.82) is 0 Å². The van der Waals surface area contributed by atoms with Gasteiger partial charge in [-0.2, -0.15) is 0 Å². The number of carbonyl (C=O) groups is 1. The zero-order valence-corrected chi connectivity index (χ0v) is 8.97. The van der Waals surface area contributed by atoms with Crippen LogP contribution in [0.4, 0.5) is 4.39 Å². The van der Waals surface area contributed by atoms with Gasteiger partial charge in [0.15, 0.2) is 12.1 Å². The third-order valence-corrected chi connectivity index (χ3v) is 2.01. The Morgan fingerprint density at radius 1 is 1.47 bits per heavy atom. The molecule has 4 heteroatoms. The lowest BCUT2D eigenvalue weighted by Crippen LogP contribution is -1.91. The summed E-state index contributed by atoms with van der Waals surface area (Å²) in [5.74, 6) is -0.579. The van der Waals surface area contributed by atoms with E-state index in [0.717, 1.165) is 11.8 Å². The molecule has 2 heterocycles. The third kappa shape index (κ3) is 1.88. The first-order chi connectivity index (χ1) is 7.24. The molecule has 2 rings (SSSR count). The van der Waals surface area contributed by atoms with Crippen molar-refractivity contribution in [2.45, 2.75) is 20.8 Å². The lowest BCUT2D eigenvalue weighted by atomic mass is 10.1. The maximum atomic E-state index is 13.1. The van der Waals surface area contributed by atoms with Gasteiger partial charge in [-0.05, 0) is 12.5 Å². The summed E-state index contributed by atoms with van der Waals surface area (Å²) in [5.41, 5.74) is 1.44. The van der Waals surface area contributed by atoms with E-state index in [1.807, 2.05) is 13.8 Å². The molecule has 3 nitrogen and oxygen atoms in total. The summed E-state index contributed by atoms with van der Waals surface area (Å²) >= 11 is 0. The third-order valence-electron chi connectivity index (χ3n) is 2.01. The van der Waals surface area contributed by atoms with E-state index in [9.17, 15) is 9.18 Å². The van der Waals surface area contributed by atoms with Crippen LogP contribution in [-0.2, 0) is 0 Å². The summed E-state index contributed by atoms with van der Waals surface area (Å²) in [6, 6.07) is 0. The highest BCUT2D eigenvalue weighted by molar-refractivity contribution is 5.97. The largest absolute Gasteiger partial charge is 0.346 e. The van der Waals surface area contributed by atoms with Crippen LogP contribution < -0.4 is 0 Å². The number of aldehydes is 1. The highest BCUT2D eigenvalue weighted by Crippen LogP contribution is 2.20. The molecule has 0 aliphatic heterocycles. The van der Waals surface area contributed by atoms with E-state index in [0.29, 0.717) is 17.3 Å². The summed E-state index contributed by atoms with van der Waals surface area (Å²) in [5, 5.41) is 0.565. The first-order valence-electron chi connectivity index (χ1n) is 4.81. The zero-order valence-electron chi connectivity index (χ0n) is 8.97. The maximum absolute atomic E-state index is 13.1. The number of aryl methyl sites for hydroxylation is 1. The Balaban J connectivity index is 0.000000531. The molecule has 0 saturated heterocycles. The number of nitrogens with one attached hydrogen (secondary N) is 1. The van der Waals surface area contributed by atoms with Crippen LogP contribution in [0.15, 0.2) is 12.4 Å². The van der Waals surface area contributed by atoms with Crippen LogP contribution in [-0.4, -0.2) is 16.3 Å². The fourth-order valence-corrected chi connectivity index (χ4v) is 1.37. The Kier molecular flexibility index (Phi) is 3.55. The highest BCUT2D eigenvalue weighted by atomic mass is 19.1. The minimum atomic E-state index is -0.579. The van der Waals surface area contributed by atoms with Crippen molar-refractivity contribution in [3.63, 3.8) is 0 Å². The quantitative estimate of drug-likeness (QED) is 0.732. The van der Waals surface area contributed by atoms with Crippen molar-refractivity contribution < 1.29 is 9.18 Å². The Hall–Kier alpha value is -1.71. The first kappa shape index (κ1) is 11.4. The number of pyridine rings is 1. The zero-order chi connectivity index (χ0) is 11.4. The van der Waals surface area contributed by atoms with Gasteiger partial charge >= 0.3 is 0 Å². The van der Waals surface area contributed by atoms with Crippen LogP contribution in [0.2, 0.25) is 0 Å². The minimum Gasteiger partial charge on any atom is -0.346 e. The number of rotatable bonds is 1. The predicted octanol–water partition coefficient (Wildman–Crippen LogP) is 2.85. The predicted molar refractivity (Wildman–Crippen MR) is 57.5 cm³/mol. The van der Waals surface area contributed by atoms with Gasteiger partial charge in [0.2, 0.25) is 0 Å². The summed E-state index contributed by atoms with van der Waals surface area (Å²) in [6.07, 6.45) is 3.26. The Labute approximate surface area is 87.3 Å². The SMILES string of the molecule is CC.Cc1c[nH]c2ncc(F)c(C=O)c12. The van der Waals surface area contributed by atoms with E-state index in [1.165, 1.54) is 0 Å². The topological polar surface area (TPSA) is 45.8 Å². The number of hydrogen-bond donors (Lipinski definition) is 1. The molecule has 1 N–H and O–H groups in total. The van der Waals surface area contributed by atoms with Gasteiger partial charge in [0.1, 0.15) is 5.65 Å². The maximum Gasteiger partial charge on any atom is 0.153 e. The fraction of sp³-hybridized carbons (Fsp3) is 0.273. The van der Waals surface area contributed by atoms with Gasteiger partial charge in [0.05, 0.1) is 11.8 Å². The number of H-pyrrole nitrogens is 1. The van der Waals surface area contributed by atoms with Crippen molar-refractivity contribution in [2.24, 2.45) is 0 Å². The van der Waals surface area contributed by atoms with Crippen molar-refractivity contribution >= 4 is 17.3 Å². The molecule has 0 atom stereocenters. The molecule has 15 heavy (non-hydrogen) atoms. The Bertz CT molecular complexity index is 477. The second-order valence-electron chi connectivity index (χ2n) is 2.83. The molecule has 2 aromatic heterocycles. The molecular weight excluding hydrogens is 195 g/mol. The van der Waals surface area contributed by atoms with E-state index in [-0.39, 0.29) is 5.56 Å². The molecule has 0 fully saturated rings. The highest BCUT2D eigenvalue weighted by Gasteiger charge is 2.10. The van der Waals surface area contributed by atoms with Crippen LogP contribution in [0.1, 0.15) is 29.8 Å². The van der Waals surface area contributed by atoms with E-state index < -0.39 is 5.82 Å². The monoisotopic (exact) mass is 208 g/mol. The average molecular weight is 208 g/mol. The van der Waals surface area contributed by atoms with Gasteiger partial charge in [0, 0.05) is 11.6 Å². The lowest BCUT2D eigenvalue weighted by molar-refractivity contribution is 0.112. The second kappa shape index (κ2) is 4.68. The molecule has 0 amide bonds. The molecule has 0 aliphatic rings. The van der Waals surface area contributed by atoms with Crippen molar-refractivity contribution in [1.82, 2.24) is 9.97 Å². The summed E-state index contributed by atoms with van der Waals surface area (Å²) < 4.78 is 13.1. The van der Waals surface area contributed by atoms with Gasteiger partial charge in [0.25, 0.3) is 0 Å². The molecule has 0 bridgehead atoms. The number of aromatic amines is 1. The van der Waals surface area contributed by atoms with Gasteiger partial charge in [-0.25, -0.2) is 9.37 Å². The molecule has 0 radical (unpaired) electrons. The van der Waals surface area contributed by atoms with Crippen LogP contribution in [0.5, 0.6) is 0 Å². The number of hydrogen-bond acceptors (Lipinski definition) is 2. The van der Waals surface area contributed by atoms with Crippen molar-refractivity contribution in [3.8, 4) is 0 Å². The number of nitrogens with zero attached hydrogens (tertiary/aromatic N) is 1. The van der Waals surface area contributed by atoms with Crippen molar-refractivity contribution in [3.05, 3.63) is 29.3 Å². The Morgan fingerprint density at radius 2 is 2.13 bits per heavy atom. The van der Waals surface area contributed by atoms with E-state index >= 15 is 0 Å². The van der Waals surface area contributed by atoms with Gasteiger partial charge in [-0.1, -0.05) is 13.8 Å². The van der Waals surface area contributed by atoms with Gasteiger partial charge in [-0.15, -0.1) is 0 Å². The van der Waals surface area contributed by atoms with Crippen LogP contribution in [0.25, 0.3) is 11.0 Å². The normalized spacial score (nSPS) is 9.60. The van der Waals surface area contributed by atoms with Gasteiger partial charge in [-0.3, -0.25) is 4.79 Å². The summed E-state index contributed by atoms with van der Waals surface area (Å²) in [4.78, 5) is 17.3. The number of aromatic nitrogens is 2. The average Bonchev–Trinajstić information content (AvgIpc) is 2.64. The smallest absolute Gasteiger partial charge is 0.153 e.